The van der Waals surface area contributed by atoms with Crippen LogP contribution in [0.15, 0.2) is 0 Å². The van der Waals surface area contributed by atoms with Gasteiger partial charge in [0.2, 0.25) is 0 Å². The van der Waals surface area contributed by atoms with Gasteiger partial charge in [0.1, 0.15) is 0 Å². The molecule has 3 fully saturated rings. The Labute approximate surface area is 118 Å². The predicted molar refractivity (Wildman–Crippen MR) is 78.4 cm³/mol. The van der Waals surface area contributed by atoms with Crippen molar-refractivity contribution < 1.29 is 4.74 Å². The number of ether oxygens (including phenoxy) is 1. The summed E-state index contributed by atoms with van der Waals surface area (Å²) in [5.41, 5.74) is 0.793. The number of nitrogens with one attached hydrogen (secondary N) is 1. The molecule has 3 aliphatic rings. The van der Waals surface area contributed by atoms with Crippen LogP contribution in [-0.4, -0.2) is 49.3 Å². The molecule has 2 aliphatic carbocycles. The summed E-state index contributed by atoms with van der Waals surface area (Å²) in [7, 11) is 1.83. The Hall–Kier alpha value is -0.120. The predicted octanol–water partition coefficient (Wildman–Crippen LogP) is 2.41. The second-order valence-electron chi connectivity index (χ2n) is 7.24. The van der Waals surface area contributed by atoms with E-state index in [1.165, 1.54) is 58.0 Å². The fourth-order valence-corrected chi connectivity index (χ4v) is 4.29. The van der Waals surface area contributed by atoms with Crippen molar-refractivity contribution in [2.45, 2.75) is 62.9 Å². The molecule has 0 aromatic carbocycles. The van der Waals surface area contributed by atoms with Crippen LogP contribution in [0.25, 0.3) is 0 Å². The first-order chi connectivity index (χ1) is 9.19. The summed E-state index contributed by atoms with van der Waals surface area (Å²) < 4.78 is 5.35. The normalized spacial score (nSPS) is 35.7. The van der Waals surface area contributed by atoms with Gasteiger partial charge in [0.15, 0.2) is 0 Å². The smallest absolute Gasteiger partial charge is 0.0589 e. The molecule has 1 spiro atoms. The van der Waals surface area contributed by atoms with Gasteiger partial charge in [-0.05, 0) is 38.5 Å². The maximum atomic E-state index is 5.35. The third-order valence-corrected chi connectivity index (χ3v) is 5.87. The molecule has 3 nitrogen and oxygen atoms in total. The van der Waals surface area contributed by atoms with Gasteiger partial charge < -0.3 is 10.1 Å². The van der Waals surface area contributed by atoms with Gasteiger partial charge in [-0.3, -0.25) is 4.90 Å². The largest absolute Gasteiger partial charge is 0.383 e. The fourth-order valence-electron chi connectivity index (χ4n) is 4.29. The summed E-state index contributed by atoms with van der Waals surface area (Å²) >= 11 is 0. The molecule has 1 N–H and O–H groups in total. The highest BCUT2D eigenvalue weighted by Crippen LogP contribution is 2.46. The van der Waals surface area contributed by atoms with Crippen LogP contribution in [0.2, 0.25) is 0 Å². The number of methoxy groups -OCH3 is 1. The molecule has 0 bridgehead atoms. The van der Waals surface area contributed by atoms with E-state index in [1.54, 1.807) is 0 Å². The Morgan fingerprint density at radius 1 is 1.21 bits per heavy atom. The number of rotatable bonds is 4. The molecule has 3 heteroatoms. The van der Waals surface area contributed by atoms with E-state index in [4.69, 9.17) is 4.74 Å². The topological polar surface area (TPSA) is 24.5 Å². The first kappa shape index (κ1) is 13.8. The standard InChI is InChI=1S/C16H30N2O/c1-15(14-6-7-14)12-17-16(8-4-3-5-9-16)13-18(15)10-11-19-2/h14,17H,3-13H2,1-2H3. The highest BCUT2D eigenvalue weighted by atomic mass is 16.5. The van der Waals surface area contributed by atoms with E-state index in [-0.39, 0.29) is 0 Å². The SMILES string of the molecule is COCCN1CC2(CCCCC2)NCC1(C)C1CC1. The van der Waals surface area contributed by atoms with Gasteiger partial charge in [0, 0.05) is 37.8 Å². The van der Waals surface area contributed by atoms with Crippen molar-refractivity contribution in [3.63, 3.8) is 0 Å². The lowest BCUT2D eigenvalue weighted by Gasteiger charge is -2.55. The van der Waals surface area contributed by atoms with E-state index in [0.717, 1.165) is 19.1 Å². The monoisotopic (exact) mass is 266 g/mol. The Morgan fingerprint density at radius 2 is 1.95 bits per heavy atom. The highest BCUT2D eigenvalue weighted by molar-refractivity contribution is 5.09. The Kier molecular flexibility index (Phi) is 3.89. The first-order valence-corrected chi connectivity index (χ1v) is 8.18. The zero-order chi connectivity index (χ0) is 13.3. The van der Waals surface area contributed by atoms with Gasteiger partial charge in [-0.2, -0.15) is 0 Å². The zero-order valence-corrected chi connectivity index (χ0v) is 12.7. The molecule has 1 unspecified atom stereocenters. The average Bonchev–Trinajstić information content (AvgIpc) is 3.26. The summed E-state index contributed by atoms with van der Waals surface area (Å²) in [4.78, 5) is 2.76. The van der Waals surface area contributed by atoms with Crippen molar-refractivity contribution >= 4 is 0 Å². The molecular formula is C16H30N2O. The van der Waals surface area contributed by atoms with Gasteiger partial charge >= 0.3 is 0 Å². The highest BCUT2D eigenvalue weighted by Gasteiger charge is 2.51. The minimum absolute atomic E-state index is 0.376. The van der Waals surface area contributed by atoms with Crippen molar-refractivity contribution in [1.82, 2.24) is 10.2 Å². The maximum absolute atomic E-state index is 5.35. The minimum Gasteiger partial charge on any atom is -0.383 e. The second-order valence-corrected chi connectivity index (χ2v) is 7.24. The maximum Gasteiger partial charge on any atom is 0.0589 e. The molecule has 3 rings (SSSR count). The fraction of sp³-hybridized carbons (Fsp3) is 1.00. The number of nitrogens with zero attached hydrogens (tertiary/aromatic N) is 1. The molecule has 1 aliphatic heterocycles. The lowest BCUT2D eigenvalue weighted by atomic mass is 9.76. The molecule has 0 aromatic heterocycles. The van der Waals surface area contributed by atoms with Crippen LogP contribution in [0.1, 0.15) is 51.9 Å². The van der Waals surface area contributed by atoms with Gasteiger partial charge in [0.25, 0.3) is 0 Å². The van der Waals surface area contributed by atoms with Crippen LogP contribution in [0.5, 0.6) is 0 Å². The van der Waals surface area contributed by atoms with Crippen molar-refractivity contribution in [3.8, 4) is 0 Å². The summed E-state index contributed by atoms with van der Waals surface area (Å²) in [6, 6.07) is 0. The molecule has 2 saturated carbocycles. The van der Waals surface area contributed by atoms with Gasteiger partial charge in [-0.15, -0.1) is 0 Å². The van der Waals surface area contributed by atoms with Crippen molar-refractivity contribution in [3.05, 3.63) is 0 Å². The lowest BCUT2D eigenvalue weighted by Crippen LogP contribution is -2.70. The Morgan fingerprint density at radius 3 is 2.58 bits per heavy atom. The van der Waals surface area contributed by atoms with E-state index < -0.39 is 0 Å². The molecule has 1 saturated heterocycles. The van der Waals surface area contributed by atoms with Crippen molar-refractivity contribution in [2.75, 3.05) is 33.4 Å². The van der Waals surface area contributed by atoms with Gasteiger partial charge in [-0.1, -0.05) is 19.3 Å². The third kappa shape index (κ3) is 2.70. The molecule has 19 heavy (non-hydrogen) atoms. The number of hydrogen-bond acceptors (Lipinski definition) is 3. The van der Waals surface area contributed by atoms with Crippen molar-refractivity contribution in [1.29, 1.82) is 0 Å². The van der Waals surface area contributed by atoms with Crippen LogP contribution in [0.4, 0.5) is 0 Å². The molecule has 1 atom stereocenters. The van der Waals surface area contributed by atoms with Gasteiger partial charge in [-0.25, -0.2) is 0 Å². The average molecular weight is 266 g/mol. The molecular weight excluding hydrogens is 236 g/mol. The molecule has 0 aromatic rings. The summed E-state index contributed by atoms with van der Waals surface area (Å²) in [5, 5.41) is 3.97. The second kappa shape index (κ2) is 5.34. The Bertz CT molecular complexity index is 310. The zero-order valence-electron chi connectivity index (χ0n) is 12.7. The van der Waals surface area contributed by atoms with E-state index >= 15 is 0 Å². The minimum atomic E-state index is 0.376. The molecule has 110 valence electrons. The van der Waals surface area contributed by atoms with Crippen LogP contribution in [0.3, 0.4) is 0 Å². The number of hydrogen-bond donors (Lipinski definition) is 1. The quantitative estimate of drug-likeness (QED) is 0.846. The lowest BCUT2D eigenvalue weighted by molar-refractivity contribution is -0.0239. The molecule has 0 amide bonds. The van der Waals surface area contributed by atoms with E-state index in [9.17, 15) is 0 Å². The van der Waals surface area contributed by atoms with Crippen LogP contribution in [0, 0.1) is 5.92 Å². The molecule has 1 heterocycles. The van der Waals surface area contributed by atoms with Crippen LogP contribution in [-0.2, 0) is 4.74 Å². The third-order valence-electron chi connectivity index (χ3n) is 5.87. The number of piperazine rings is 1. The van der Waals surface area contributed by atoms with Crippen molar-refractivity contribution in [2.24, 2.45) is 5.92 Å². The van der Waals surface area contributed by atoms with E-state index in [2.05, 4.69) is 17.1 Å². The van der Waals surface area contributed by atoms with Crippen LogP contribution < -0.4 is 5.32 Å². The van der Waals surface area contributed by atoms with Crippen LogP contribution >= 0.6 is 0 Å². The summed E-state index contributed by atoms with van der Waals surface area (Å²) in [6.45, 7) is 6.87. The Balaban J connectivity index is 1.71. The summed E-state index contributed by atoms with van der Waals surface area (Å²) in [5.74, 6) is 0.915. The first-order valence-electron chi connectivity index (χ1n) is 8.18. The van der Waals surface area contributed by atoms with Gasteiger partial charge in [0.05, 0.1) is 6.61 Å². The molecule has 0 radical (unpaired) electrons. The van der Waals surface area contributed by atoms with E-state index in [1.807, 2.05) is 7.11 Å². The van der Waals surface area contributed by atoms with E-state index in [0.29, 0.717) is 11.1 Å². The summed E-state index contributed by atoms with van der Waals surface area (Å²) in [6.07, 6.45) is 9.84.